The number of fused-ring (bicyclic) bond motifs is 1. The molecular weight excluding hydrogens is 250 g/mol. The molecule has 0 saturated heterocycles. The van der Waals surface area contributed by atoms with Gasteiger partial charge in [0.2, 0.25) is 0 Å². The zero-order valence-corrected chi connectivity index (χ0v) is 11.3. The number of hydrogen-bond acceptors (Lipinski definition) is 2. The van der Waals surface area contributed by atoms with Crippen molar-refractivity contribution in [2.75, 3.05) is 7.05 Å². The molecule has 3 heteroatoms. The second-order valence-electron chi connectivity index (χ2n) is 4.99. The Morgan fingerprint density at radius 1 is 0.850 bits per heavy atom. The van der Waals surface area contributed by atoms with Crippen LogP contribution in [0.25, 0.3) is 0 Å². The van der Waals surface area contributed by atoms with Crippen LogP contribution in [0.3, 0.4) is 0 Å². The Balaban J connectivity index is 1.90. The normalized spacial score (nSPS) is 13.8. The number of rotatable bonds is 3. The summed E-state index contributed by atoms with van der Waals surface area (Å²) in [6.07, 6.45) is 1.63. The van der Waals surface area contributed by atoms with Crippen molar-refractivity contribution < 1.29 is 9.59 Å². The van der Waals surface area contributed by atoms with Crippen LogP contribution in [0.15, 0.2) is 48.5 Å². The molecule has 1 aliphatic rings. The molecule has 0 aromatic heterocycles. The third kappa shape index (κ3) is 2.01. The van der Waals surface area contributed by atoms with Crippen LogP contribution in [0.1, 0.15) is 31.8 Å². The smallest absolute Gasteiger partial charge is 0.261 e. The molecule has 3 nitrogen and oxygen atoms in total. The highest BCUT2D eigenvalue weighted by Crippen LogP contribution is 2.25. The topological polar surface area (TPSA) is 37.4 Å². The molecule has 2 aromatic rings. The van der Waals surface area contributed by atoms with Gasteiger partial charge in [-0.25, -0.2) is 0 Å². The minimum atomic E-state index is -0.202. The maximum Gasteiger partial charge on any atom is 0.261 e. The van der Waals surface area contributed by atoms with Gasteiger partial charge in [-0.1, -0.05) is 42.5 Å². The van der Waals surface area contributed by atoms with E-state index in [2.05, 4.69) is 12.1 Å². The summed E-state index contributed by atoms with van der Waals surface area (Å²) < 4.78 is 0. The lowest BCUT2D eigenvalue weighted by atomic mass is 9.97. The molecule has 0 fully saturated rings. The van der Waals surface area contributed by atoms with Crippen molar-refractivity contribution in [3.63, 3.8) is 0 Å². The zero-order chi connectivity index (χ0) is 14.1. The van der Waals surface area contributed by atoms with Crippen LogP contribution in [0.4, 0.5) is 0 Å². The van der Waals surface area contributed by atoms with E-state index in [1.165, 1.54) is 17.5 Å². The lowest BCUT2D eigenvalue weighted by molar-refractivity contribution is 0.0693. The average Bonchev–Trinajstić information content (AvgIpc) is 2.72. The highest BCUT2D eigenvalue weighted by atomic mass is 16.2. The van der Waals surface area contributed by atoms with Crippen LogP contribution >= 0.6 is 0 Å². The van der Waals surface area contributed by atoms with E-state index in [0.717, 1.165) is 18.4 Å². The largest absolute Gasteiger partial charge is 0.277 e. The zero-order valence-electron chi connectivity index (χ0n) is 11.3. The van der Waals surface area contributed by atoms with E-state index in [-0.39, 0.29) is 11.8 Å². The van der Waals surface area contributed by atoms with Crippen LogP contribution in [0.2, 0.25) is 0 Å². The molecule has 2 amide bonds. The number of carbonyl (C=O) groups is 2. The molecule has 0 bridgehead atoms. The van der Waals surface area contributed by atoms with Gasteiger partial charge in [0.25, 0.3) is 11.8 Å². The van der Waals surface area contributed by atoms with E-state index >= 15 is 0 Å². The highest BCUT2D eigenvalue weighted by Gasteiger charge is 2.34. The predicted molar refractivity (Wildman–Crippen MR) is 76.7 cm³/mol. The van der Waals surface area contributed by atoms with Crippen LogP contribution in [-0.2, 0) is 12.8 Å². The first-order valence-electron chi connectivity index (χ1n) is 6.66. The standard InChI is InChI=1S/C17H15NO2/c1-18-16(19)14-9-5-8-13(15(14)17(18)20)11-10-12-6-3-2-4-7-12/h2-9H,10-11H2,1H3. The highest BCUT2D eigenvalue weighted by molar-refractivity contribution is 6.21. The van der Waals surface area contributed by atoms with Crippen molar-refractivity contribution in [3.8, 4) is 0 Å². The SMILES string of the molecule is CN1C(=O)c2cccc(CCc3ccccc3)c2C1=O. The summed E-state index contributed by atoms with van der Waals surface area (Å²) in [6.45, 7) is 0. The monoisotopic (exact) mass is 265 g/mol. The second kappa shape index (κ2) is 4.93. The van der Waals surface area contributed by atoms with E-state index in [1.54, 1.807) is 6.07 Å². The molecule has 3 rings (SSSR count). The molecule has 0 spiro atoms. The predicted octanol–water partition coefficient (Wildman–Crippen LogP) is 2.70. The van der Waals surface area contributed by atoms with Crippen LogP contribution in [0, 0.1) is 0 Å². The second-order valence-corrected chi connectivity index (χ2v) is 4.99. The number of amides is 2. The van der Waals surface area contributed by atoms with E-state index in [9.17, 15) is 9.59 Å². The van der Waals surface area contributed by atoms with E-state index in [4.69, 9.17) is 0 Å². The Kier molecular flexibility index (Phi) is 3.11. The molecule has 1 aliphatic heterocycles. The third-order valence-corrected chi connectivity index (χ3v) is 3.73. The number of benzene rings is 2. The fourth-order valence-electron chi connectivity index (χ4n) is 2.60. The summed E-state index contributed by atoms with van der Waals surface area (Å²) in [5, 5.41) is 0. The Bertz CT molecular complexity index is 677. The molecule has 20 heavy (non-hydrogen) atoms. The quantitative estimate of drug-likeness (QED) is 0.800. The fraction of sp³-hybridized carbons (Fsp3) is 0.176. The number of carbonyl (C=O) groups excluding carboxylic acids is 2. The van der Waals surface area contributed by atoms with Crippen molar-refractivity contribution in [1.82, 2.24) is 4.90 Å². The van der Waals surface area contributed by atoms with Gasteiger partial charge in [0.15, 0.2) is 0 Å². The Labute approximate surface area is 117 Å². The van der Waals surface area contributed by atoms with Gasteiger partial charge < -0.3 is 0 Å². The lowest BCUT2D eigenvalue weighted by Crippen LogP contribution is -2.24. The molecule has 0 atom stereocenters. The van der Waals surface area contributed by atoms with Gasteiger partial charge in [-0.05, 0) is 30.0 Å². The van der Waals surface area contributed by atoms with Crippen molar-refractivity contribution >= 4 is 11.8 Å². The maximum atomic E-state index is 12.1. The summed E-state index contributed by atoms with van der Waals surface area (Å²) in [5.74, 6) is -0.389. The first-order chi connectivity index (χ1) is 9.68. The van der Waals surface area contributed by atoms with Gasteiger partial charge in [-0.2, -0.15) is 0 Å². The lowest BCUT2D eigenvalue weighted by Gasteiger charge is -2.07. The van der Waals surface area contributed by atoms with Crippen LogP contribution < -0.4 is 0 Å². The molecule has 0 radical (unpaired) electrons. The van der Waals surface area contributed by atoms with E-state index in [0.29, 0.717) is 11.1 Å². The Morgan fingerprint density at radius 2 is 1.60 bits per heavy atom. The first-order valence-corrected chi connectivity index (χ1v) is 6.66. The van der Waals surface area contributed by atoms with Gasteiger partial charge in [0.05, 0.1) is 11.1 Å². The average molecular weight is 265 g/mol. The van der Waals surface area contributed by atoms with E-state index in [1.807, 2.05) is 30.3 Å². The summed E-state index contributed by atoms with van der Waals surface area (Å²) in [6, 6.07) is 15.7. The first kappa shape index (κ1) is 12.6. The molecule has 1 heterocycles. The number of nitrogens with zero attached hydrogens (tertiary/aromatic N) is 1. The number of hydrogen-bond donors (Lipinski definition) is 0. The molecule has 0 saturated carbocycles. The fourth-order valence-corrected chi connectivity index (χ4v) is 2.60. The summed E-state index contributed by atoms with van der Waals surface area (Å²) >= 11 is 0. The summed E-state index contributed by atoms with van der Waals surface area (Å²) in [4.78, 5) is 25.3. The summed E-state index contributed by atoms with van der Waals surface area (Å²) in [7, 11) is 1.53. The summed E-state index contributed by atoms with van der Waals surface area (Å²) in [5.41, 5.74) is 3.29. The van der Waals surface area contributed by atoms with Gasteiger partial charge >= 0.3 is 0 Å². The minimum Gasteiger partial charge on any atom is -0.277 e. The number of aryl methyl sites for hydroxylation is 2. The molecular formula is C17H15NO2. The maximum absolute atomic E-state index is 12.1. The van der Waals surface area contributed by atoms with Gasteiger partial charge in [0, 0.05) is 7.05 Å². The van der Waals surface area contributed by atoms with Crippen molar-refractivity contribution in [1.29, 1.82) is 0 Å². The molecule has 0 aliphatic carbocycles. The Hall–Kier alpha value is -2.42. The van der Waals surface area contributed by atoms with Crippen LogP contribution in [-0.4, -0.2) is 23.8 Å². The molecule has 100 valence electrons. The van der Waals surface area contributed by atoms with E-state index < -0.39 is 0 Å². The van der Waals surface area contributed by atoms with Crippen molar-refractivity contribution in [2.45, 2.75) is 12.8 Å². The van der Waals surface area contributed by atoms with Gasteiger partial charge in [-0.15, -0.1) is 0 Å². The minimum absolute atomic E-state index is 0.186. The molecule has 2 aromatic carbocycles. The van der Waals surface area contributed by atoms with Crippen LogP contribution in [0.5, 0.6) is 0 Å². The van der Waals surface area contributed by atoms with Gasteiger partial charge in [-0.3, -0.25) is 14.5 Å². The van der Waals surface area contributed by atoms with Crippen molar-refractivity contribution in [2.24, 2.45) is 0 Å². The molecule has 0 N–H and O–H groups in total. The third-order valence-electron chi connectivity index (χ3n) is 3.73. The number of imide groups is 1. The van der Waals surface area contributed by atoms with Crippen molar-refractivity contribution in [3.05, 3.63) is 70.8 Å². The molecule has 0 unspecified atom stereocenters. The Morgan fingerprint density at radius 3 is 2.35 bits per heavy atom. The van der Waals surface area contributed by atoms with Gasteiger partial charge in [0.1, 0.15) is 0 Å².